The molecule has 0 saturated carbocycles. The molecule has 0 aliphatic heterocycles. The minimum Gasteiger partial charge on any atom is -0.330 e. The van der Waals surface area contributed by atoms with Crippen molar-refractivity contribution in [3.8, 4) is 0 Å². The standard InChI is InChI=1S/C10H18N4/c1-7(2)14-9-5-3-4-8(6-11)10(9)12-13-14/h7-8H,3-6,11H2,1-2H3. The number of fused-ring (bicyclic) bond motifs is 1. The topological polar surface area (TPSA) is 56.7 Å². The molecule has 2 N–H and O–H groups in total. The molecule has 78 valence electrons. The van der Waals surface area contributed by atoms with Crippen LogP contribution in [0, 0.1) is 0 Å². The molecule has 0 fully saturated rings. The third kappa shape index (κ3) is 1.43. The van der Waals surface area contributed by atoms with Crippen molar-refractivity contribution in [1.29, 1.82) is 0 Å². The van der Waals surface area contributed by atoms with Gasteiger partial charge in [0.05, 0.1) is 11.4 Å². The highest BCUT2D eigenvalue weighted by atomic mass is 15.4. The number of aromatic nitrogens is 3. The Balaban J connectivity index is 2.37. The highest BCUT2D eigenvalue weighted by molar-refractivity contribution is 5.19. The lowest BCUT2D eigenvalue weighted by Crippen LogP contribution is -2.20. The Labute approximate surface area is 84.5 Å². The van der Waals surface area contributed by atoms with E-state index in [4.69, 9.17) is 5.73 Å². The second kappa shape index (κ2) is 3.69. The highest BCUT2D eigenvalue weighted by Crippen LogP contribution is 2.29. The summed E-state index contributed by atoms with van der Waals surface area (Å²) >= 11 is 0. The van der Waals surface area contributed by atoms with E-state index in [1.54, 1.807) is 0 Å². The summed E-state index contributed by atoms with van der Waals surface area (Å²) in [7, 11) is 0. The SMILES string of the molecule is CC(C)n1nnc2c1CCCC2CN. The molecule has 2 rings (SSSR count). The molecule has 1 unspecified atom stereocenters. The van der Waals surface area contributed by atoms with Gasteiger partial charge in [-0.1, -0.05) is 5.21 Å². The minimum absolute atomic E-state index is 0.405. The van der Waals surface area contributed by atoms with E-state index in [2.05, 4.69) is 24.2 Å². The predicted molar refractivity (Wildman–Crippen MR) is 55.1 cm³/mol. The first kappa shape index (κ1) is 9.65. The first-order valence-electron chi connectivity index (χ1n) is 5.38. The lowest BCUT2D eigenvalue weighted by atomic mass is 9.90. The van der Waals surface area contributed by atoms with Gasteiger partial charge in [0.15, 0.2) is 0 Å². The molecule has 1 aromatic heterocycles. The number of rotatable bonds is 2. The first-order valence-corrected chi connectivity index (χ1v) is 5.38. The maximum atomic E-state index is 5.73. The van der Waals surface area contributed by atoms with E-state index in [0.717, 1.165) is 12.1 Å². The van der Waals surface area contributed by atoms with E-state index in [1.807, 2.05) is 4.68 Å². The predicted octanol–water partition coefficient (Wildman–Crippen LogP) is 1.24. The first-order chi connectivity index (χ1) is 6.74. The van der Waals surface area contributed by atoms with Crippen LogP contribution in [0.4, 0.5) is 0 Å². The number of hydrogen-bond donors (Lipinski definition) is 1. The van der Waals surface area contributed by atoms with Gasteiger partial charge in [-0.25, -0.2) is 4.68 Å². The lowest BCUT2D eigenvalue weighted by molar-refractivity contribution is 0.476. The number of hydrogen-bond acceptors (Lipinski definition) is 3. The summed E-state index contributed by atoms with van der Waals surface area (Å²) in [5.74, 6) is 0.436. The smallest absolute Gasteiger partial charge is 0.0902 e. The van der Waals surface area contributed by atoms with E-state index in [1.165, 1.54) is 18.5 Å². The molecule has 0 bridgehead atoms. The zero-order valence-corrected chi connectivity index (χ0v) is 8.90. The number of nitrogens with zero attached hydrogens (tertiary/aromatic N) is 3. The Morgan fingerprint density at radius 3 is 3.00 bits per heavy atom. The zero-order valence-electron chi connectivity index (χ0n) is 8.90. The van der Waals surface area contributed by atoms with Crippen LogP contribution in [-0.2, 0) is 6.42 Å². The Morgan fingerprint density at radius 1 is 1.57 bits per heavy atom. The second-order valence-corrected chi connectivity index (χ2v) is 4.28. The van der Waals surface area contributed by atoms with E-state index in [-0.39, 0.29) is 0 Å². The van der Waals surface area contributed by atoms with Gasteiger partial charge in [0.1, 0.15) is 0 Å². The lowest BCUT2D eigenvalue weighted by Gasteiger charge is -2.20. The van der Waals surface area contributed by atoms with E-state index in [9.17, 15) is 0 Å². The average Bonchev–Trinajstić information content (AvgIpc) is 2.60. The van der Waals surface area contributed by atoms with Crippen LogP contribution >= 0.6 is 0 Å². The molecule has 4 nitrogen and oxygen atoms in total. The largest absolute Gasteiger partial charge is 0.330 e. The van der Waals surface area contributed by atoms with Gasteiger partial charge >= 0.3 is 0 Å². The Hall–Kier alpha value is -0.900. The third-order valence-electron chi connectivity index (χ3n) is 2.95. The average molecular weight is 194 g/mol. The summed E-state index contributed by atoms with van der Waals surface area (Å²) in [5, 5.41) is 8.47. The molecule has 1 aromatic rings. The van der Waals surface area contributed by atoms with Gasteiger partial charge in [0.25, 0.3) is 0 Å². The molecule has 1 aliphatic carbocycles. The van der Waals surface area contributed by atoms with Gasteiger partial charge in [-0.2, -0.15) is 0 Å². The summed E-state index contributed by atoms with van der Waals surface area (Å²) in [5.41, 5.74) is 8.18. The van der Waals surface area contributed by atoms with Crippen molar-refractivity contribution in [2.24, 2.45) is 5.73 Å². The van der Waals surface area contributed by atoms with E-state index >= 15 is 0 Å². The van der Waals surface area contributed by atoms with Crippen LogP contribution in [0.1, 0.15) is 50.0 Å². The van der Waals surface area contributed by atoms with Gasteiger partial charge in [-0.15, -0.1) is 5.10 Å². The van der Waals surface area contributed by atoms with Gasteiger partial charge < -0.3 is 5.73 Å². The van der Waals surface area contributed by atoms with Crippen LogP contribution < -0.4 is 5.73 Å². The van der Waals surface area contributed by atoms with Crippen molar-refractivity contribution in [1.82, 2.24) is 15.0 Å². The van der Waals surface area contributed by atoms with Crippen molar-refractivity contribution in [3.05, 3.63) is 11.4 Å². The monoisotopic (exact) mass is 194 g/mol. The molecule has 0 aromatic carbocycles. The second-order valence-electron chi connectivity index (χ2n) is 4.28. The van der Waals surface area contributed by atoms with Crippen LogP contribution in [0.25, 0.3) is 0 Å². The van der Waals surface area contributed by atoms with Crippen LogP contribution in [0.15, 0.2) is 0 Å². The van der Waals surface area contributed by atoms with Crippen LogP contribution in [0.3, 0.4) is 0 Å². The van der Waals surface area contributed by atoms with Crippen LogP contribution in [-0.4, -0.2) is 21.5 Å². The van der Waals surface area contributed by atoms with Gasteiger partial charge in [0, 0.05) is 18.5 Å². The molecule has 4 heteroatoms. The minimum atomic E-state index is 0.405. The van der Waals surface area contributed by atoms with Gasteiger partial charge in [-0.3, -0.25) is 0 Å². The number of nitrogens with two attached hydrogens (primary N) is 1. The van der Waals surface area contributed by atoms with Crippen LogP contribution in [0.5, 0.6) is 0 Å². The Bertz CT molecular complexity index is 316. The molecule has 1 heterocycles. The highest BCUT2D eigenvalue weighted by Gasteiger charge is 2.25. The van der Waals surface area contributed by atoms with Gasteiger partial charge in [0.2, 0.25) is 0 Å². The molecule has 0 spiro atoms. The van der Waals surface area contributed by atoms with Crippen molar-refractivity contribution >= 4 is 0 Å². The third-order valence-corrected chi connectivity index (χ3v) is 2.95. The molecular weight excluding hydrogens is 176 g/mol. The Morgan fingerprint density at radius 2 is 2.36 bits per heavy atom. The fourth-order valence-corrected chi connectivity index (χ4v) is 2.18. The maximum absolute atomic E-state index is 5.73. The maximum Gasteiger partial charge on any atom is 0.0902 e. The fourth-order valence-electron chi connectivity index (χ4n) is 2.18. The molecule has 1 aliphatic rings. The quantitative estimate of drug-likeness (QED) is 0.770. The van der Waals surface area contributed by atoms with Crippen molar-refractivity contribution in [3.63, 3.8) is 0 Å². The summed E-state index contributed by atoms with van der Waals surface area (Å²) in [6, 6.07) is 0.405. The molecular formula is C10H18N4. The van der Waals surface area contributed by atoms with Crippen molar-refractivity contribution in [2.45, 2.75) is 45.1 Å². The van der Waals surface area contributed by atoms with Crippen molar-refractivity contribution in [2.75, 3.05) is 6.54 Å². The van der Waals surface area contributed by atoms with Crippen molar-refractivity contribution < 1.29 is 0 Å². The van der Waals surface area contributed by atoms with E-state index in [0.29, 0.717) is 18.5 Å². The fraction of sp³-hybridized carbons (Fsp3) is 0.800. The summed E-state index contributed by atoms with van der Waals surface area (Å²) in [6.45, 7) is 4.98. The summed E-state index contributed by atoms with van der Waals surface area (Å²) in [6.07, 6.45) is 3.49. The zero-order chi connectivity index (χ0) is 10.1. The Kier molecular flexibility index (Phi) is 2.54. The summed E-state index contributed by atoms with van der Waals surface area (Å²) in [4.78, 5) is 0. The molecule has 1 atom stereocenters. The molecule has 0 amide bonds. The molecule has 0 saturated heterocycles. The van der Waals surface area contributed by atoms with Crippen LogP contribution in [0.2, 0.25) is 0 Å². The summed E-state index contributed by atoms with van der Waals surface area (Å²) < 4.78 is 2.04. The normalized spacial score (nSPS) is 21.3. The van der Waals surface area contributed by atoms with E-state index < -0.39 is 0 Å². The molecule has 14 heavy (non-hydrogen) atoms. The van der Waals surface area contributed by atoms with Gasteiger partial charge in [-0.05, 0) is 33.1 Å². The molecule has 0 radical (unpaired) electrons.